The Balaban J connectivity index is 2.02. The van der Waals surface area contributed by atoms with E-state index in [0.29, 0.717) is 12.1 Å². The van der Waals surface area contributed by atoms with Crippen molar-refractivity contribution in [1.29, 1.82) is 0 Å². The number of rotatable bonds is 6. The lowest BCUT2D eigenvalue weighted by atomic mass is 10.1. The molecule has 1 aromatic carbocycles. The second-order valence-corrected chi connectivity index (χ2v) is 5.20. The van der Waals surface area contributed by atoms with Crippen LogP contribution in [-0.4, -0.2) is 16.3 Å². The molecule has 1 unspecified atom stereocenters. The number of aromatic nitrogens is 2. The van der Waals surface area contributed by atoms with Crippen LogP contribution < -0.4 is 10.1 Å². The zero-order valence-corrected chi connectivity index (χ0v) is 12.6. The monoisotopic (exact) mass is 273 g/mol. The van der Waals surface area contributed by atoms with Gasteiger partial charge in [-0.15, -0.1) is 0 Å². The van der Waals surface area contributed by atoms with E-state index in [1.165, 1.54) is 5.56 Å². The van der Waals surface area contributed by atoms with Crippen molar-refractivity contribution in [3.05, 3.63) is 42.2 Å². The molecule has 2 rings (SSSR count). The minimum absolute atomic E-state index is 0.343. The van der Waals surface area contributed by atoms with Gasteiger partial charge in [-0.2, -0.15) is 5.10 Å². The number of ether oxygens (including phenoxy) is 1. The fraction of sp³-hybridized carbons (Fsp3) is 0.438. The van der Waals surface area contributed by atoms with E-state index in [2.05, 4.69) is 50.2 Å². The topological polar surface area (TPSA) is 39.1 Å². The molecule has 0 amide bonds. The first-order valence-corrected chi connectivity index (χ1v) is 7.15. The van der Waals surface area contributed by atoms with E-state index in [4.69, 9.17) is 4.74 Å². The van der Waals surface area contributed by atoms with Crippen LogP contribution in [0.1, 0.15) is 45.3 Å². The van der Waals surface area contributed by atoms with Crippen LogP contribution in [-0.2, 0) is 0 Å². The molecule has 1 N–H and O–H groups in total. The van der Waals surface area contributed by atoms with Crippen LogP contribution in [0.15, 0.2) is 36.7 Å². The molecule has 0 radical (unpaired) electrons. The molecule has 0 aliphatic rings. The van der Waals surface area contributed by atoms with E-state index in [0.717, 1.165) is 18.0 Å². The van der Waals surface area contributed by atoms with Gasteiger partial charge in [-0.1, -0.05) is 19.1 Å². The summed E-state index contributed by atoms with van der Waals surface area (Å²) < 4.78 is 7.69. The van der Waals surface area contributed by atoms with Crippen molar-refractivity contribution in [2.75, 3.05) is 6.54 Å². The molecule has 4 nitrogen and oxygen atoms in total. The summed E-state index contributed by atoms with van der Waals surface area (Å²) in [5, 5.41) is 7.66. The van der Waals surface area contributed by atoms with Gasteiger partial charge in [0.1, 0.15) is 5.75 Å². The number of benzene rings is 1. The Labute approximate surface area is 120 Å². The van der Waals surface area contributed by atoms with Crippen molar-refractivity contribution >= 4 is 0 Å². The van der Waals surface area contributed by atoms with Crippen LogP contribution in [0, 0.1) is 0 Å². The highest BCUT2D eigenvalue weighted by atomic mass is 16.5. The third kappa shape index (κ3) is 3.61. The summed E-state index contributed by atoms with van der Waals surface area (Å²) in [6.07, 6.45) is 3.66. The molecule has 0 saturated carbocycles. The Morgan fingerprint density at radius 2 is 1.85 bits per heavy atom. The van der Waals surface area contributed by atoms with Gasteiger partial charge in [0.25, 0.3) is 0 Å². The fourth-order valence-corrected chi connectivity index (χ4v) is 2.04. The maximum absolute atomic E-state index is 5.80. The summed E-state index contributed by atoms with van der Waals surface area (Å²) in [6.45, 7) is 9.42. The number of nitrogens with one attached hydrogen (secondary N) is 1. The summed E-state index contributed by atoms with van der Waals surface area (Å²) in [6, 6.07) is 8.88. The molecule has 0 spiro atoms. The molecule has 1 heterocycles. The zero-order chi connectivity index (χ0) is 14.5. The third-order valence-electron chi connectivity index (χ3n) is 3.23. The zero-order valence-electron chi connectivity index (χ0n) is 12.6. The van der Waals surface area contributed by atoms with Gasteiger partial charge in [0, 0.05) is 12.1 Å². The molecule has 0 aliphatic heterocycles. The summed E-state index contributed by atoms with van der Waals surface area (Å²) in [4.78, 5) is 0. The molecule has 2 aromatic rings. The van der Waals surface area contributed by atoms with E-state index in [1.807, 2.05) is 23.0 Å². The summed E-state index contributed by atoms with van der Waals surface area (Å²) in [7, 11) is 0. The van der Waals surface area contributed by atoms with Gasteiger partial charge >= 0.3 is 0 Å². The minimum Gasteiger partial charge on any atom is -0.454 e. The van der Waals surface area contributed by atoms with Crippen LogP contribution in [0.4, 0.5) is 0 Å². The molecular weight excluding hydrogens is 250 g/mol. The van der Waals surface area contributed by atoms with Crippen LogP contribution in [0.25, 0.3) is 0 Å². The van der Waals surface area contributed by atoms with Gasteiger partial charge in [-0.05, 0) is 45.0 Å². The van der Waals surface area contributed by atoms with E-state index in [1.54, 1.807) is 6.20 Å². The van der Waals surface area contributed by atoms with Gasteiger partial charge in [0.05, 0.1) is 12.4 Å². The lowest BCUT2D eigenvalue weighted by Gasteiger charge is -2.13. The quantitative estimate of drug-likeness (QED) is 0.866. The summed E-state index contributed by atoms with van der Waals surface area (Å²) >= 11 is 0. The SMILES string of the molecule is CCNC(C)c1ccc(Oc2cnn(C(C)C)c2)cc1. The van der Waals surface area contributed by atoms with Gasteiger partial charge in [0.15, 0.2) is 5.75 Å². The number of hydrogen-bond donors (Lipinski definition) is 1. The van der Waals surface area contributed by atoms with E-state index >= 15 is 0 Å². The minimum atomic E-state index is 0.343. The molecule has 108 valence electrons. The molecule has 4 heteroatoms. The summed E-state index contributed by atoms with van der Waals surface area (Å²) in [5.74, 6) is 1.60. The van der Waals surface area contributed by atoms with Crippen LogP contribution >= 0.6 is 0 Å². The highest BCUT2D eigenvalue weighted by Crippen LogP contribution is 2.23. The smallest absolute Gasteiger partial charge is 0.165 e. The van der Waals surface area contributed by atoms with E-state index in [-0.39, 0.29) is 0 Å². The second-order valence-electron chi connectivity index (χ2n) is 5.20. The summed E-state index contributed by atoms with van der Waals surface area (Å²) in [5.41, 5.74) is 1.26. The van der Waals surface area contributed by atoms with E-state index in [9.17, 15) is 0 Å². The first kappa shape index (κ1) is 14.6. The second kappa shape index (κ2) is 6.57. The normalized spacial score (nSPS) is 12.7. The fourth-order valence-electron chi connectivity index (χ4n) is 2.04. The Bertz CT molecular complexity index is 531. The maximum Gasteiger partial charge on any atom is 0.165 e. The average molecular weight is 273 g/mol. The molecular formula is C16H23N3O. The number of hydrogen-bond acceptors (Lipinski definition) is 3. The molecule has 0 saturated heterocycles. The molecule has 0 fully saturated rings. The predicted octanol–water partition coefficient (Wildman–Crippen LogP) is 3.93. The van der Waals surface area contributed by atoms with Crippen LogP contribution in [0.5, 0.6) is 11.5 Å². The molecule has 1 aromatic heterocycles. The van der Waals surface area contributed by atoms with Crippen molar-refractivity contribution in [2.24, 2.45) is 0 Å². The highest BCUT2D eigenvalue weighted by Gasteiger charge is 2.06. The van der Waals surface area contributed by atoms with Crippen molar-refractivity contribution < 1.29 is 4.74 Å². The van der Waals surface area contributed by atoms with Crippen molar-refractivity contribution in [3.8, 4) is 11.5 Å². The van der Waals surface area contributed by atoms with Crippen molar-refractivity contribution in [3.63, 3.8) is 0 Å². The predicted molar refractivity (Wildman–Crippen MR) is 81.2 cm³/mol. The van der Waals surface area contributed by atoms with Gasteiger partial charge in [-0.3, -0.25) is 4.68 Å². The maximum atomic E-state index is 5.80. The van der Waals surface area contributed by atoms with Crippen molar-refractivity contribution in [2.45, 2.75) is 39.8 Å². The van der Waals surface area contributed by atoms with Crippen molar-refractivity contribution in [1.82, 2.24) is 15.1 Å². The van der Waals surface area contributed by atoms with Gasteiger partial charge < -0.3 is 10.1 Å². The van der Waals surface area contributed by atoms with Crippen LogP contribution in [0.3, 0.4) is 0 Å². The van der Waals surface area contributed by atoms with E-state index < -0.39 is 0 Å². The molecule has 0 bridgehead atoms. The first-order chi connectivity index (χ1) is 9.60. The number of nitrogens with zero attached hydrogens (tertiary/aromatic N) is 2. The first-order valence-electron chi connectivity index (χ1n) is 7.15. The Morgan fingerprint density at radius 3 is 2.40 bits per heavy atom. The molecule has 0 aliphatic carbocycles. The Morgan fingerprint density at radius 1 is 1.15 bits per heavy atom. The standard InChI is InChI=1S/C16H23N3O/c1-5-17-13(4)14-6-8-15(9-7-14)20-16-10-18-19(11-16)12(2)3/h6-13,17H,5H2,1-4H3. The largest absolute Gasteiger partial charge is 0.454 e. The lowest BCUT2D eigenvalue weighted by molar-refractivity contribution is 0.476. The Kier molecular flexibility index (Phi) is 4.79. The van der Waals surface area contributed by atoms with Gasteiger partial charge in [-0.25, -0.2) is 0 Å². The highest BCUT2D eigenvalue weighted by molar-refractivity contribution is 5.32. The molecule has 20 heavy (non-hydrogen) atoms. The lowest BCUT2D eigenvalue weighted by Crippen LogP contribution is -2.17. The van der Waals surface area contributed by atoms with Crippen LogP contribution in [0.2, 0.25) is 0 Å². The molecule has 1 atom stereocenters. The van der Waals surface area contributed by atoms with Gasteiger partial charge in [0.2, 0.25) is 0 Å². The Hall–Kier alpha value is -1.81. The average Bonchev–Trinajstić information content (AvgIpc) is 2.88. The third-order valence-corrected chi connectivity index (χ3v) is 3.23.